The highest BCUT2D eigenvalue weighted by Gasteiger charge is 2.30. The SMILES string of the molecule is COc1cc(OC)c(Cl)c(-c2cc3cnc(C)nc3n(C3CCN(C(=O)OC(C)(C)C)CC3)c2=O)c1Cl. The fraction of sp³-hybridized carbons (Fsp3) is 0.462. The standard InChI is InChI=1S/C26H30Cl2N4O5/c1-14-29-13-15-11-17(20-21(27)18(35-5)12-19(36-6)22(20)28)24(33)32(23(15)30-14)16-7-9-31(10-8-16)25(34)37-26(2,3)4/h11-13,16H,7-10H2,1-6H3. The molecule has 0 spiro atoms. The Bertz CT molecular complexity index is 1380. The van der Waals surface area contributed by atoms with Gasteiger partial charge in [-0.15, -0.1) is 0 Å². The van der Waals surface area contributed by atoms with Gasteiger partial charge in [-0.2, -0.15) is 0 Å². The zero-order valence-corrected chi connectivity index (χ0v) is 23.2. The van der Waals surface area contributed by atoms with Crippen molar-refractivity contribution in [3.8, 4) is 22.6 Å². The second kappa shape index (κ2) is 10.4. The van der Waals surface area contributed by atoms with Gasteiger partial charge in [0, 0.05) is 42.3 Å². The molecule has 0 saturated carbocycles. The number of carbonyl (C=O) groups excluding carboxylic acids is 1. The topological polar surface area (TPSA) is 95.8 Å². The molecule has 2 aromatic heterocycles. The summed E-state index contributed by atoms with van der Waals surface area (Å²) in [6.07, 6.45) is 2.40. The van der Waals surface area contributed by atoms with Crippen molar-refractivity contribution in [3.05, 3.63) is 44.6 Å². The zero-order valence-electron chi connectivity index (χ0n) is 21.7. The molecule has 0 bridgehead atoms. The number of hydrogen-bond acceptors (Lipinski definition) is 7. The van der Waals surface area contributed by atoms with Crippen molar-refractivity contribution in [1.82, 2.24) is 19.4 Å². The molecule has 0 unspecified atom stereocenters. The second-order valence-corrected chi connectivity index (χ2v) is 10.7. The Hall–Kier alpha value is -3.04. The van der Waals surface area contributed by atoms with E-state index in [0.29, 0.717) is 59.9 Å². The van der Waals surface area contributed by atoms with Crippen molar-refractivity contribution >= 4 is 40.3 Å². The Morgan fingerprint density at radius 2 is 1.65 bits per heavy atom. The summed E-state index contributed by atoms with van der Waals surface area (Å²) in [5.74, 6) is 1.20. The highest BCUT2D eigenvalue weighted by atomic mass is 35.5. The van der Waals surface area contributed by atoms with E-state index in [1.165, 1.54) is 14.2 Å². The number of carbonyl (C=O) groups is 1. The Kier molecular flexibility index (Phi) is 7.57. The van der Waals surface area contributed by atoms with E-state index in [2.05, 4.69) is 9.97 Å². The van der Waals surface area contributed by atoms with Crippen LogP contribution < -0.4 is 15.0 Å². The summed E-state index contributed by atoms with van der Waals surface area (Å²) in [4.78, 5) is 37.3. The van der Waals surface area contributed by atoms with E-state index in [9.17, 15) is 9.59 Å². The van der Waals surface area contributed by atoms with E-state index in [1.54, 1.807) is 34.7 Å². The van der Waals surface area contributed by atoms with E-state index < -0.39 is 5.60 Å². The number of rotatable bonds is 4. The lowest BCUT2D eigenvalue weighted by molar-refractivity contribution is 0.0189. The molecule has 1 saturated heterocycles. The quantitative estimate of drug-likeness (QED) is 0.414. The molecular formula is C26H30Cl2N4O5. The maximum atomic E-state index is 14.1. The Morgan fingerprint density at radius 1 is 1.05 bits per heavy atom. The van der Waals surface area contributed by atoms with E-state index in [-0.39, 0.29) is 33.3 Å². The molecule has 0 N–H and O–H groups in total. The van der Waals surface area contributed by atoms with Crippen molar-refractivity contribution in [2.75, 3.05) is 27.3 Å². The Labute approximate surface area is 225 Å². The molecule has 1 fully saturated rings. The fourth-order valence-corrected chi connectivity index (χ4v) is 5.18. The van der Waals surface area contributed by atoms with Crippen LogP contribution >= 0.6 is 23.2 Å². The number of piperidine rings is 1. The number of ether oxygens (including phenoxy) is 3. The monoisotopic (exact) mass is 548 g/mol. The predicted molar refractivity (Wildman–Crippen MR) is 143 cm³/mol. The van der Waals surface area contributed by atoms with Gasteiger partial charge in [0.25, 0.3) is 5.56 Å². The first-order chi connectivity index (χ1) is 17.4. The minimum atomic E-state index is -0.583. The van der Waals surface area contributed by atoms with Crippen LogP contribution in [0.4, 0.5) is 4.79 Å². The smallest absolute Gasteiger partial charge is 0.410 e. The van der Waals surface area contributed by atoms with Crippen LogP contribution in [-0.2, 0) is 4.74 Å². The third-order valence-corrected chi connectivity index (χ3v) is 6.97. The van der Waals surface area contributed by atoms with E-state index in [0.717, 1.165) is 0 Å². The molecule has 0 radical (unpaired) electrons. The van der Waals surface area contributed by atoms with Crippen LogP contribution in [0.2, 0.25) is 10.0 Å². The molecule has 3 aromatic rings. The second-order valence-electron chi connectivity index (χ2n) is 9.91. The fourth-order valence-electron chi connectivity index (χ4n) is 4.48. The van der Waals surface area contributed by atoms with Gasteiger partial charge in [0.2, 0.25) is 0 Å². The van der Waals surface area contributed by atoms with Crippen LogP contribution in [0, 0.1) is 6.92 Å². The zero-order chi connectivity index (χ0) is 27.1. The van der Waals surface area contributed by atoms with Gasteiger partial charge >= 0.3 is 6.09 Å². The first-order valence-electron chi connectivity index (χ1n) is 11.9. The summed E-state index contributed by atoms with van der Waals surface area (Å²) in [7, 11) is 2.96. The molecular weight excluding hydrogens is 519 g/mol. The average Bonchev–Trinajstić information content (AvgIpc) is 2.84. The highest BCUT2D eigenvalue weighted by molar-refractivity contribution is 6.41. The molecule has 3 heterocycles. The van der Waals surface area contributed by atoms with Gasteiger partial charge in [-0.25, -0.2) is 14.8 Å². The molecule has 1 amide bonds. The van der Waals surface area contributed by atoms with Crippen molar-refractivity contribution < 1.29 is 19.0 Å². The lowest BCUT2D eigenvalue weighted by Crippen LogP contribution is -2.43. The molecule has 9 nitrogen and oxygen atoms in total. The molecule has 0 atom stereocenters. The summed E-state index contributed by atoms with van der Waals surface area (Å²) in [6.45, 7) is 8.16. The number of fused-ring (bicyclic) bond motifs is 1. The van der Waals surface area contributed by atoms with Crippen molar-refractivity contribution in [3.63, 3.8) is 0 Å². The third kappa shape index (κ3) is 5.33. The normalized spacial score (nSPS) is 14.6. The van der Waals surface area contributed by atoms with Crippen LogP contribution in [0.15, 0.2) is 23.1 Å². The number of amides is 1. The van der Waals surface area contributed by atoms with Gasteiger partial charge in [-0.3, -0.25) is 9.36 Å². The summed E-state index contributed by atoms with van der Waals surface area (Å²) in [6, 6.07) is 3.05. The molecule has 4 rings (SSSR count). The number of aromatic nitrogens is 3. The number of likely N-dealkylation sites (tertiary alicyclic amines) is 1. The molecule has 198 valence electrons. The molecule has 1 aliphatic rings. The largest absolute Gasteiger partial charge is 0.495 e. The van der Waals surface area contributed by atoms with E-state index >= 15 is 0 Å². The summed E-state index contributed by atoms with van der Waals surface area (Å²) in [5, 5.41) is 1.05. The Morgan fingerprint density at radius 3 is 2.19 bits per heavy atom. The summed E-state index contributed by atoms with van der Waals surface area (Å²) >= 11 is 13.3. The molecule has 11 heteroatoms. The van der Waals surface area contributed by atoms with Crippen molar-refractivity contribution in [1.29, 1.82) is 0 Å². The molecule has 1 aromatic carbocycles. The first kappa shape index (κ1) is 27.0. The third-order valence-electron chi connectivity index (χ3n) is 6.22. The molecule has 37 heavy (non-hydrogen) atoms. The number of hydrogen-bond donors (Lipinski definition) is 0. The number of halogens is 2. The van der Waals surface area contributed by atoms with Gasteiger partial charge in [-0.1, -0.05) is 23.2 Å². The van der Waals surface area contributed by atoms with Gasteiger partial charge < -0.3 is 19.1 Å². The van der Waals surface area contributed by atoms with Crippen LogP contribution in [0.1, 0.15) is 45.5 Å². The van der Waals surface area contributed by atoms with Crippen LogP contribution in [0.5, 0.6) is 11.5 Å². The average molecular weight is 549 g/mol. The minimum Gasteiger partial charge on any atom is -0.495 e. The van der Waals surface area contributed by atoms with Crippen LogP contribution in [0.25, 0.3) is 22.2 Å². The lowest BCUT2D eigenvalue weighted by atomic mass is 10.0. The van der Waals surface area contributed by atoms with Crippen LogP contribution in [0.3, 0.4) is 0 Å². The van der Waals surface area contributed by atoms with E-state index in [1.807, 2.05) is 20.8 Å². The number of pyridine rings is 1. The maximum absolute atomic E-state index is 14.1. The van der Waals surface area contributed by atoms with Crippen molar-refractivity contribution in [2.45, 2.75) is 52.2 Å². The molecule has 0 aliphatic carbocycles. The summed E-state index contributed by atoms with van der Waals surface area (Å²) < 4.78 is 18.0. The number of benzene rings is 1. The predicted octanol–water partition coefficient (Wildman–Crippen LogP) is 5.66. The lowest BCUT2D eigenvalue weighted by Gasteiger charge is -2.34. The van der Waals surface area contributed by atoms with Gasteiger partial charge in [0.1, 0.15) is 28.6 Å². The first-order valence-corrected chi connectivity index (χ1v) is 12.7. The minimum absolute atomic E-state index is 0.198. The Balaban J connectivity index is 1.84. The van der Waals surface area contributed by atoms with E-state index in [4.69, 9.17) is 37.4 Å². The summed E-state index contributed by atoms with van der Waals surface area (Å²) in [5.41, 5.74) is 0.216. The van der Waals surface area contributed by atoms with Crippen molar-refractivity contribution in [2.24, 2.45) is 0 Å². The number of methoxy groups -OCH3 is 2. The number of nitrogens with zero attached hydrogens (tertiary/aromatic N) is 4. The molecule has 1 aliphatic heterocycles. The highest BCUT2D eigenvalue weighted by Crippen LogP contribution is 2.45. The van der Waals surface area contributed by atoms with Crippen LogP contribution in [-0.4, -0.2) is 58.4 Å². The van der Waals surface area contributed by atoms with Gasteiger partial charge in [0.05, 0.1) is 29.8 Å². The van der Waals surface area contributed by atoms with Gasteiger partial charge in [-0.05, 0) is 46.6 Å². The maximum Gasteiger partial charge on any atom is 0.410 e. The van der Waals surface area contributed by atoms with Gasteiger partial charge in [0.15, 0.2) is 0 Å². The number of aryl methyl sites for hydroxylation is 1.